The number of benzene rings is 1. The molecule has 1 heterocycles. The van der Waals surface area contributed by atoms with Gasteiger partial charge in [-0.25, -0.2) is 4.79 Å². The zero-order valence-corrected chi connectivity index (χ0v) is 11.8. The fourth-order valence-electron chi connectivity index (χ4n) is 2.27. The number of anilines is 2. The SMILES string of the molecule is COC(=O)N1CCN(CCN(C)C)c2ccccc21. The third-order valence-electron chi connectivity index (χ3n) is 3.32. The number of fused-ring (bicyclic) bond motifs is 1. The van der Waals surface area contributed by atoms with Crippen LogP contribution in [0.1, 0.15) is 0 Å². The molecule has 0 aliphatic carbocycles. The molecule has 0 saturated heterocycles. The Bertz CT molecular complexity index is 448. The zero-order valence-electron chi connectivity index (χ0n) is 11.8. The first-order valence-electron chi connectivity index (χ1n) is 6.47. The minimum absolute atomic E-state index is 0.292. The predicted octanol–water partition coefficient (Wildman–Crippen LogP) is 1.64. The van der Waals surface area contributed by atoms with E-state index in [0.717, 1.165) is 31.0 Å². The first-order valence-corrected chi connectivity index (χ1v) is 6.47. The summed E-state index contributed by atoms with van der Waals surface area (Å²) in [4.78, 5) is 18.0. The van der Waals surface area contributed by atoms with Crippen molar-refractivity contribution in [3.05, 3.63) is 24.3 Å². The van der Waals surface area contributed by atoms with E-state index in [1.54, 1.807) is 4.90 Å². The Kier molecular flexibility index (Phi) is 4.27. The summed E-state index contributed by atoms with van der Waals surface area (Å²) in [5, 5.41) is 0. The van der Waals surface area contributed by atoms with Crippen LogP contribution in [0, 0.1) is 0 Å². The normalized spacial score (nSPS) is 14.5. The molecule has 19 heavy (non-hydrogen) atoms. The molecule has 1 aliphatic heterocycles. The molecule has 0 aromatic heterocycles. The lowest BCUT2D eigenvalue weighted by molar-refractivity contribution is 0.178. The number of hydrogen-bond acceptors (Lipinski definition) is 4. The van der Waals surface area contributed by atoms with Gasteiger partial charge in [-0.1, -0.05) is 12.1 Å². The van der Waals surface area contributed by atoms with Crippen molar-refractivity contribution in [2.45, 2.75) is 0 Å². The molecule has 1 aromatic carbocycles. The summed E-state index contributed by atoms with van der Waals surface area (Å²) in [6.45, 7) is 3.45. The van der Waals surface area contributed by atoms with E-state index in [1.165, 1.54) is 7.11 Å². The molecule has 1 amide bonds. The molecule has 2 rings (SSSR count). The second-order valence-electron chi connectivity index (χ2n) is 4.90. The maximum absolute atomic E-state index is 11.8. The van der Waals surface area contributed by atoms with Crippen molar-refractivity contribution in [2.24, 2.45) is 0 Å². The van der Waals surface area contributed by atoms with Crippen LogP contribution in [0.3, 0.4) is 0 Å². The van der Waals surface area contributed by atoms with Gasteiger partial charge in [-0.3, -0.25) is 4.90 Å². The highest BCUT2D eigenvalue weighted by atomic mass is 16.5. The van der Waals surface area contributed by atoms with Gasteiger partial charge in [-0.05, 0) is 26.2 Å². The monoisotopic (exact) mass is 263 g/mol. The Morgan fingerprint density at radius 2 is 1.95 bits per heavy atom. The number of hydrogen-bond donors (Lipinski definition) is 0. The molecule has 0 atom stereocenters. The molecule has 0 spiro atoms. The molecule has 5 heteroatoms. The van der Waals surface area contributed by atoms with E-state index in [1.807, 2.05) is 18.2 Å². The summed E-state index contributed by atoms with van der Waals surface area (Å²) in [6, 6.07) is 7.97. The highest BCUT2D eigenvalue weighted by Crippen LogP contribution is 2.32. The Morgan fingerprint density at radius 3 is 2.58 bits per heavy atom. The van der Waals surface area contributed by atoms with Crippen LogP contribution in [0.25, 0.3) is 0 Å². The Hall–Kier alpha value is -1.75. The molecule has 0 unspecified atom stereocenters. The van der Waals surface area contributed by atoms with E-state index in [-0.39, 0.29) is 6.09 Å². The molecule has 1 aromatic rings. The Morgan fingerprint density at radius 1 is 1.26 bits per heavy atom. The van der Waals surface area contributed by atoms with Gasteiger partial charge in [0.1, 0.15) is 0 Å². The highest BCUT2D eigenvalue weighted by Gasteiger charge is 2.26. The number of likely N-dealkylation sites (N-methyl/N-ethyl adjacent to an activating group) is 1. The average Bonchev–Trinajstić information content (AvgIpc) is 2.43. The van der Waals surface area contributed by atoms with Crippen LogP contribution in [0.5, 0.6) is 0 Å². The van der Waals surface area contributed by atoms with E-state index in [4.69, 9.17) is 4.74 Å². The van der Waals surface area contributed by atoms with Gasteiger partial charge in [0.2, 0.25) is 0 Å². The first kappa shape index (κ1) is 13.7. The van der Waals surface area contributed by atoms with Gasteiger partial charge in [0.25, 0.3) is 0 Å². The van der Waals surface area contributed by atoms with E-state index < -0.39 is 0 Å². The lowest BCUT2D eigenvalue weighted by Gasteiger charge is -2.37. The number of amides is 1. The van der Waals surface area contributed by atoms with Crippen LogP contribution in [0.2, 0.25) is 0 Å². The number of carbonyl (C=O) groups is 1. The smallest absolute Gasteiger partial charge is 0.414 e. The summed E-state index contributed by atoms with van der Waals surface area (Å²) in [6.07, 6.45) is -0.292. The lowest BCUT2D eigenvalue weighted by atomic mass is 10.1. The number of ether oxygens (including phenoxy) is 1. The zero-order chi connectivity index (χ0) is 13.8. The van der Waals surface area contributed by atoms with Crippen molar-refractivity contribution in [1.29, 1.82) is 0 Å². The third-order valence-corrected chi connectivity index (χ3v) is 3.32. The van der Waals surface area contributed by atoms with Crippen molar-refractivity contribution in [1.82, 2.24) is 4.90 Å². The molecule has 5 nitrogen and oxygen atoms in total. The van der Waals surface area contributed by atoms with Crippen molar-refractivity contribution in [3.8, 4) is 0 Å². The van der Waals surface area contributed by atoms with Crippen LogP contribution in [-0.2, 0) is 4.74 Å². The molecule has 0 saturated carbocycles. The largest absolute Gasteiger partial charge is 0.452 e. The van der Waals surface area contributed by atoms with Gasteiger partial charge in [-0.2, -0.15) is 0 Å². The molecule has 0 bridgehead atoms. The molecular formula is C14H21N3O2. The van der Waals surface area contributed by atoms with E-state index in [0.29, 0.717) is 6.54 Å². The van der Waals surface area contributed by atoms with Crippen LogP contribution >= 0.6 is 0 Å². The fraction of sp³-hybridized carbons (Fsp3) is 0.500. The van der Waals surface area contributed by atoms with Gasteiger partial charge in [0.05, 0.1) is 18.5 Å². The summed E-state index contributed by atoms with van der Waals surface area (Å²) >= 11 is 0. The maximum atomic E-state index is 11.8. The predicted molar refractivity (Wildman–Crippen MR) is 77.0 cm³/mol. The maximum Gasteiger partial charge on any atom is 0.414 e. The number of para-hydroxylation sites is 2. The van der Waals surface area contributed by atoms with E-state index in [9.17, 15) is 4.79 Å². The third kappa shape index (κ3) is 2.98. The molecule has 0 fully saturated rings. The molecule has 0 radical (unpaired) electrons. The summed E-state index contributed by atoms with van der Waals surface area (Å²) in [7, 11) is 5.55. The Labute approximate surface area is 114 Å². The quantitative estimate of drug-likeness (QED) is 0.830. The number of methoxy groups -OCH3 is 1. The van der Waals surface area contributed by atoms with Crippen molar-refractivity contribution in [2.75, 3.05) is 57.2 Å². The minimum atomic E-state index is -0.292. The standard InChI is InChI=1S/C14H21N3O2/c1-15(2)8-9-16-10-11-17(14(18)19-3)13-7-5-4-6-12(13)16/h4-7H,8-11H2,1-3H3. The topological polar surface area (TPSA) is 36.0 Å². The highest BCUT2D eigenvalue weighted by molar-refractivity contribution is 5.93. The van der Waals surface area contributed by atoms with Crippen molar-refractivity contribution >= 4 is 17.5 Å². The molecule has 1 aliphatic rings. The lowest BCUT2D eigenvalue weighted by Crippen LogP contribution is -2.45. The van der Waals surface area contributed by atoms with Gasteiger partial charge in [0, 0.05) is 26.2 Å². The molecular weight excluding hydrogens is 242 g/mol. The van der Waals surface area contributed by atoms with Crippen LogP contribution < -0.4 is 9.80 Å². The van der Waals surface area contributed by atoms with Crippen LogP contribution in [0.4, 0.5) is 16.2 Å². The van der Waals surface area contributed by atoms with Crippen LogP contribution in [-0.4, -0.2) is 58.4 Å². The second-order valence-corrected chi connectivity index (χ2v) is 4.90. The molecule has 0 N–H and O–H groups in total. The van der Waals surface area contributed by atoms with Gasteiger partial charge in [-0.15, -0.1) is 0 Å². The van der Waals surface area contributed by atoms with E-state index >= 15 is 0 Å². The summed E-state index contributed by atoms with van der Waals surface area (Å²) in [5.74, 6) is 0. The first-order chi connectivity index (χ1) is 9.13. The summed E-state index contributed by atoms with van der Waals surface area (Å²) < 4.78 is 4.84. The summed E-state index contributed by atoms with van der Waals surface area (Å²) in [5.41, 5.74) is 2.03. The van der Waals surface area contributed by atoms with Gasteiger partial charge in [0.15, 0.2) is 0 Å². The minimum Gasteiger partial charge on any atom is -0.452 e. The van der Waals surface area contributed by atoms with Crippen LogP contribution in [0.15, 0.2) is 24.3 Å². The molecule has 104 valence electrons. The average molecular weight is 263 g/mol. The number of carbonyl (C=O) groups excluding carboxylic acids is 1. The van der Waals surface area contributed by atoms with Crippen molar-refractivity contribution in [3.63, 3.8) is 0 Å². The van der Waals surface area contributed by atoms with Gasteiger partial charge >= 0.3 is 6.09 Å². The van der Waals surface area contributed by atoms with E-state index in [2.05, 4.69) is 30.0 Å². The number of nitrogens with zero attached hydrogens (tertiary/aromatic N) is 3. The number of rotatable bonds is 3. The fourth-order valence-corrected chi connectivity index (χ4v) is 2.27. The second kappa shape index (κ2) is 5.93. The Balaban J connectivity index is 2.21. The van der Waals surface area contributed by atoms with Crippen molar-refractivity contribution < 1.29 is 9.53 Å². The van der Waals surface area contributed by atoms with Gasteiger partial charge < -0.3 is 14.5 Å².